The second-order valence-corrected chi connectivity index (χ2v) is 4.63. The number of benzene rings is 1. The minimum atomic E-state index is -0.309. The van der Waals surface area contributed by atoms with E-state index in [1.165, 1.54) is 12.1 Å². The molecule has 0 saturated heterocycles. The van der Waals surface area contributed by atoms with E-state index in [-0.39, 0.29) is 23.1 Å². The molecule has 0 amide bonds. The number of aromatic amines is 1. The highest BCUT2D eigenvalue weighted by molar-refractivity contribution is 6.10. The molecule has 1 heterocycles. The summed E-state index contributed by atoms with van der Waals surface area (Å²) < 4.78 is 0. The third-order valence-corrected chi connectivity index (χ3v) is 3.31. The summed E-state index contributed by atoms with van der Waals surface area (Å²) in [4.78, 5) is 26.4. The molecule has 5 nitrogen and oxygen atoms in total. The van der Waals surface area contributed by atoms with Crippen LogP contribution in [0.2, 0.25) is 0 Å². The maximum atomic E-state index is 12.5. The van der Waals surface area contributed by atoms with Crippen LogP contribution in [0.1, 0.15) is 30.6 Å². The van der Waals surface area contributed by atoms with Crippen LogP contribution in [-0.2, 0) is 0 Å². The van der Waals surface area contributed by atoms with E-state index in [0.29, 0.717) is 29.4 Å². The van der Waals surface area contributed by atoms with Crippen LogP contribution in [0, 0.1) is 0 Å². The summed E-state index contributed by atoms with van der Waals surface area (Å²) in [6.07, 6.45) is 0.679. The molecule has 3 N–H and O–H groups in total. The van der Waals surface area contributed by atoms with E-state index in [0.717, 1.165) is 0 Å². The van der Waals surface area contributed by atoms with Gasteiger partial charge in [0, 0.05) is 17.0 Å². The molecule has 1 unspecified atom stereocenters. The van der Waals surface area contributed by atoms with Crippen molar-refractivity contribution in [2.24, 2.45) is 0 Å². The Morgan fingerprint density at radius 2 is 2.05 bits per heavy atom. The fraction of sp³-hybridized carbons (Fsp3) is 0.333. The van der Waals surface area contributed by atoms with Gasteiger partial charge in [-0.3, -0.25) is 9.59 Å². The molecule has 0 radical (unpaired) electrons. The number of aromatic hydroxyl groups is 1. The summed E-state index contributed by atoms with van der Waals surface area (Å²) >= 11 is 0. The topological polar surface area (TPSA) is 82.2 Å². The standard InChI is InChI=1S/C15H18N2O3/c1-3-11(16-4-2)15(20)10-5-7-12(18)14-9(10)6-8-13(19)17-14/h5-8,11,16,18H,3-4H2,1-2H3,(H,17,19). The third-order valence-electron chi connectivity index (χ3n) is 3.31. The summed E-state index contributed by atoms with van der Waals surface area (Å²) in [5, 5.41) is 13.5. The number of carbonyl (C=O) groups excluding carboxylic acids is 1. The van der Waals surface area contributed by atoms with Gasteiger partial charge in [0.15, 0.2) is 5.78 Å². The number of ketones is 1. The van der Waals surface area contributed by atoms with Gasteiger partial charge in [-0.15, -0.1) is 0 Å². The van der Waals surface area contributed by atoms with E-state index in [1.54, 1.807) is 12.1 Å². The molecule has 0 aliphatic rings. The quantitative estimate of drug-likeness (QED) is 0.726. The first kappa shape index (κ1) is 14.3. The van der Waals surface area contributed by atoms with Crippen molar-refractivity contribution in [2.45, 2.75) is 26.3 Å². The molecule has 1 aromatic carbocycles. The van der Waals surface area contributed by atoms with Crippen LogP contribution >= 0.6 is 0 Å². The van der Waals surface area contributed by atoms with Crippen LogP contribution in [0.5, 0.6) is 5.75 Å². The second-order valence-electron chi connectivity index (χ2n) is 4.63. The van der Waals surface area contributed by atoms with Gasteiger partial charge in [0.1, 0.15) is 5.75 Å². The summed E-state index contributed by atoms with van der Waals surface area (Å²) in [6, 6.07) is 5.69. The van der Waals surface area contributed by atoms with Crippen LogP contribution in [0.3, 0.4) is 0 Å². The average molecular weight is 274 g/mol. The smallest absolute Gasteiger partial charge is 0.248 e. The molecule has 0 aliphatic heterocycles. The minimum Gasteiger partial charge on any atom is -0.506 e. The van der Waals surface area contributed by atoms with Gasteiger partial charge in [0.2, 0.25) is 5.56 Å². The van der Waals surface area contributed by atoms with Crippen LogP contribution in [0.4, 0.5) is 0 Å². The maximum Gasteiger partial charge on any atom is 0.248 e. The third kappa shape index (κ3) is 2.58. The van der Waals surface area contributed by atoms with Gasteiger partial charge in [-0.2, -0.15) is 0 Å². The Labute approximate surface area is 116 Å². The molecule has 106 valence electrons. The van der Waals surface area contributed by atoms with Gasteiger partial charge in [-0.05, 0) is 31.2 Å². The van der Waals surface area contributed by atoms with Crippen molar-refractivity contribution in [3.63, 3.8) is 0 Å². The number of pyridine rings is 1. The Morgan fingerprint density at radius 3 is 2.70 bits per heavy atom. The van der Waals surface area contributed by atoms with Crippen LogP contribution in [0.25, 0.3) is 10.9 Å². The summed E-state index contributed by atoms with van der Waals surface area (Å²) in [7, 11) is 0. The lowest BCUT2D eigenvalue weighted by Gasteiger charge is -2.16. The number of phenolic OH excluding ortho intramolecular Hbond substituents is 1. The number of fused-ring (bicyclic) bond motifs is 1. The summed E-state index contributed by atoms with van der Waals surface area (Å²) in [5.41, 5.74) is 0.493. The number of rotatable bonds is 5. The molecule has 1 atom stereocenters. The molecule has 0 fully saturated rings. The molecular formula is C15H18N2O3. The zero-order chi connectivity index (χ0) is 14.7. The second kappa shape index (κ2) is 5.88. The number of likely N-dealkylation sites (N-methyl/N-ethyl adjacent to an activating group) is 1. The lowest BCUT2D eigenvalue weighted by Crippen LogP contribution is -2.36. The molecule has 0 spiro atoms. The summed E-state index contributed by atoms with van der Waals surface area (Å²) in [5.74, 6) is -0.0721. The van der Waals surface area contributed by atoms with Crippen molar-refractivity contribution in [1.82, 2.24) is 10.3 Å². The van der Waals surface area contributed by atoms with Crippen LogP contribution < -0.4 is 10.9 Å². The van der Waals surface area contributed by atoms with Crippen molar-refractivity contribution in [3.8, 4) is 5.75 Å². The highest BCUT2D eigenvalue weighted by Crippen LogP contribution is 2.25. The number of nitrogens with one attached hydrogen (secondary N) is 2. The number of hydrogen-bond donors (Lipinski definition) is 3. The van der Waals surface area contributed by atoms with Crippen molar-refractivity contribution in [1.29, 1.82) is 0 Å². The molecule has 0 bridgehead atoms. The zero-order valence-electron chi connectivity index (χ0n) is 11.6. The first-order valence-corrected chi connectivity index (χ1v) is 6.71. The first-order chi connectivity index (χ1) is 9.58. The fourth-order valence-corrected chi connectivity index (χ4v) is 2.31. The highest BCUT2D eigenvalue weighted by Gasteiger charge is 2.20. The monoisotopic (exact) mass is 274 g/mol. The van der Waals surface area contributed by atoms with E-state index >= 15 is 0 Å². The van der Waals surface area contributed by atoms with Gasteiger partial charge >= 0.3 is 0 Å². The number of phenols is 1. The Morgan fingerprint density at radius 1 is 1.30 bits per heavy atom. The van der Waals surface area contributed by atoms with Gasteiger partial charge < -0.3 is 15.4 Å². The van der Waals surface area contributed by atoms with E-state index in [9.17, 15) is 14.7 Å². The molecule has 0 aliphatic carbocycles. The number of Topliss-reactive ketones (excluding diaryl/α,β-unsaturated/α-hetero) is 1. The van der Waals surface area contributed by atoms with Gasteiger partial charge in [-0.1, -0.05) is 13.8 Å². The number of carbonyl (C=O) groups is 1. The first-order valence-electron chi connectivity index (χ1n) is 6.71. The number of aromatic nitrogens is 1. The molecule has 2 rings (SSSR count). The molecule has 20 heavy (non-hydrogen) atoms. The van der Waals surface area contributed by atoms with Crippen molar-refractivity contribution in [3.05, 3.63) is 40.2 Å². The lowest BCUT2D eigenvalue weighted by molar-refractivity contribution is 0.0943. The normalized spacial score (nSPS) is 12.5. The highest BCUT2D eigenvalue weighted by atomic mass is 16.3. The predicted octanol–water partition coefficient (Wildman–Crippen LogP) is 1.80. The largest absolute Gasteiger partial charge is 0.506 e. The van der Waals surface area contributed by atoms with Crippen LogP contribution in [-0.4, -0.2) is 28.5 Å². The van der Waals surface area contributed by atoms with Crippen LogP contribution in [0.15, 0.2) is 29.1 Å². The van der Waals surface area contributed by atoms with Gasteiger partial charge in [-0.25, -0.2) is 0 Å². The van der Waals surface area contributed by atoms with Crippen molar-refractivity contribution >= 4 is 16.7 Å². The average Bonchev–Trinajstić information content (AvgIpc) is 2.45. The summed E-state index contributed by atoms with van der Waals surface area (Å²) in [6.45, 7) is 4.59. The number of H-pyrrole nitrogens is 1. The minimum absolute atomic E-state index is 0.0357. The van der Waals surface area contributed by atoms with E-state index < -0.39 is 0 Å². The maximum absolute atomic E-state index is 12.5. The number of hydrogen-bond acceptors (Lipinski definition) is 4. The van der Waals surface area contributed by atoms with Crippen molar-refractivity contribution < 1.29 is 9.90 Å². The van der Waals surface area contributed by atoms with Gasteiger partial charge in [0.25, 0.3) is 0 Å². The van der Waals surface area contributed by atoms with Crippen molar-refractivity contribution in [2.75, 3.05) is 6.54 Å². The van der Waals surface area contributed by atoms with E-state index in [4.69, 9.17) is 0 Å². The van der Waals surface area contributed by atoms with Gasteiger partial charge in [0.05, 0.1) is 11.6 Å². The molecule has 0 saturated carbocycles. The SMILES string of the molecule is CCNC(CC)C(=O)c1ccc(O)c2[nH]c(=O)ccc12. The van der Waals surface area contributed by atoms with E-state index in [1.807, 2.05) is 13.8 Å². The Hall–Kier alpha value is -2.14. The fourth-order valence-electron chi connectivity index (χ4n) is 2.31. The molecule has 1 aromatic heterocycles. The zero-order valence-corrected chi connectivity index (χ0v) is 11.6. The lowest BCUT2D eigenvalue weighted by atomic mass is 9.98. The Kier molecular flexibility index (Phi) is 4.20. The van der Waals surface area contributed by atoms with E-state index in [2.05, 4.69) is 10.3 Å². The Balaban J connectivity index is 2.57. The Bertz CT molecular complexity index is 691. The molecular weight excluding hydrogens is 256 g/mol. The molecule has 2 aromatic rings. The predicted molar refractivity (Wildman–Crippen MR) is 78.3 cm³/mol. The molecule has 5 heteroatoms.